The van der Waals surface area contributed by atoms with E-state index in [0.29, 0.717) is 17.9 Å². The highest BCUT2D eigenvalue weighted by Gasteiger charge is 2.32. The molecule has 3 aromatic carbocycles. The van der Waals surface area contributed by atoms with E-state index in [-0.39, 0.29) is 18.8 Å². The Bertz CT molecular complexity index is 1250. The predicted octanol–water partition coefficient (Wildman–Crippen LogP) is 5.42. The van der Waals surface area contributed by atoms with Crippen LogP contribution in [-0.2, 0) is 30.4 Å². The Morgan fingerprint density at radius 2 is 1.72 bits per heavy atom. The Morgan fingerprint density at radius 1 is 1.03 bits per heavy atom. The molecule has 1 aliphatic rings. The summed E-state index contributed by atoms with van der Waals surface area (Å²) in [6.45, 7) is 2.77. The van der Waals surface area contributed by atoms with E-state index < -0.39 is 24.3 Å². The number of carbonyl (C=O) groups is 2. The van der Waals surface area contributed by atoms with Gasteiger partial charge in [-0.2, -0.15) is 0 Å². The number of thioether (sulfide) groups is 1. The first-order valence-corrected chi connectivity index (χ1v) is 13.7. The number of methoxy groups -OCH3 is 1. The molecule has 8 nitrogen and oxygen atoms in total. The van der Waals surface area contributed by atoms with Gasteiger partial charge in [-0.15, -0.1) is 11.8 Å². The second kappa shape index (κ2) is 13.6. The molecule has 0 spiro atoms. The summed E-state index contributed by atoms with van der Waals surface area (Å²) in [5.74, 6) is 0.595. The van der Waals surface area contributed by atoms with Crippen LogP contribution in [0, 0.1) is 0 Å². The van der Waals surface area contributed by atoms with Crippen molar-refractivity contribution in [3.05, 3.63) is 89.5 Å². The van der Waals surface area contributed by atoms with Gasteiger partial charge in [0.2, 0.25) is 0 Å². The molecule has 4 rings (SSSR count). The highest BCUT2D eigenvalue weighted by atomic mass is 32.2. The van der Waals surface area contributed by atoms with Gasteiger partial charge in [-0.3, -0.25) is 9.59 Å². The zero-order valence-electron chi connectivity index (χ0n) is 22.2. The molecule has 1 heterocycles. The normalized spacial score (nSPS) is 19.6. The van der Waals surface area contributed by atoms with Crippen LogP contribution in [0.4, 0.5) is 5.69 Å². The Morgan fingerprint density at radius 3 is 2.38 bits per heavy atom. The third-order valence-corrected chi connectivity index (χ3v) is 7.46. The maximum Gasteiger partial charge on any atom is 0.303 e. The SMILES string of the molecule is COc1ccccc1SCC1CC(c2ccc(CO)cc2)OC(c2ccc(NC(=O)C(C)OC(C)=O)cc2)O1. The van der Waals surface area contributed by atoms with Gasteiger partial charge in [-0.25, -0.2) is 0 Å². The largest absolute Gasteiger partial charge is 0.496 e. The molecule has 206 valence electrons. The number of para-hydroxylation sites is 1. The van der Waals surface area contributed by atoms with Crippen molar-refractivity contribution < 1.29 is 33.6 Å². The molecule has 0 saturated carbocycles. The number of rotatable bonds is 10. The topological polar surface area (TPSA) is 103 Å². The van der Waals surface area contributed by atoms with Crippen LogP contribution in [0.3, 0.4) is 0 Å². The van der Waals surface area contributed by atoms with Gasteiger partial charge in [-0.05, 0) is 42.3 Å². The van der Waals surface area contributed by atoms with Crippen molar-refractivity contribution in [2.75, 3.05) is 18.2 Å². The lowest BCUT2D eigenvalue weighted by atomic mass is 10.0. The highest BCUT2D eigenvalue weighted by Crippen LogP contribution is 2.40. The van der Waals surface area contributed by atoms with Gasteiger partial charge in [0.1, 0.15) is 5.75 Å². The zero-order valence-corrected chi connectivity index (χ0v) is 23.0. The zero-order chi connectivity index (χ0) is 27.8. The third-order valence-electron chi connectivity index (χ3n) is 6.27. The number of anilines is 1. The van der Waals surface area contributed by atoms with E-state index in [1.807, 2.05) is 60.7 Å². The summed E-state index contributed by atoms with van der Waals surface area (Å²) < 4.78 is 23.2. The van der Waals surface area contributed by atoms with Crippen molar-refractivity contribution in [3.63, 3.8) is 0 Å². The van der Waals surface area contributed by atoms with Crippen molar-refractivity contribution in [1.82, 2.24) is 0 Å². The van der Waals surface area contributed by atoms with Gasteiger partial charge in [-0.1, -0.05) is 48.5 Å². The van der Waals surface area contributed by atoms with Crippen LogP contribution in [0.2, 0.25) is 0 Å². The molecule has 3 aromatic rings. The monoisotopic (exact) mass is 551 g/mol. The molecule has 1 fully saturated rings. The van der Waals surface area contributed by atoms with Crippen LogP contribution in [0.25, 0.3) is 0 Å². The smallest absolute Gasteiger partial charge is 0.303 e. The Kier molecular flexibility index (Phi) is 10.00. The van der Waals surface area contributed by atoms with Crippen LogP contribution in [0.15, 0.2) is 77.7 Å². The van der Waals surface area contributed by atoms with E-state index in [1.165, 1.54) is 13.8 Å². The molecule has 1 aliphatic heterocycles. The van der Waals surface area contributed by atoms with Gasteiger partial charge in [0.05, 0.1) is 25.9 Å². The summed E-state index contributed by atoms with van der Waals surface area (Å²) in [4.78, 5) is 24.5. The van der Waals surface area contributed by atoms with Crippen LogP contribution < -0.4 is 10.1 Å². The number of hydrogen-bond acceptors (Lipinski definition) is 8. The fraction of sp³-hybridized carbons (Fsp3) is 0.333. The number of ether oxygens (including phenoxy) is 4. The van der Waals surface area contributed by atoms with E-state index in [0.717, 1.165) is 27.3 Å². The standard InChI is InChI=1S/C30H33NO7S/c1-19(36-20(2)33)29(34)31-24-14-12-23(13-15-24)30-37-25(18-39-28-7-5-4-6-26(28)35-3)16-27(38-30)22-10-8-21(17-32)9-11-22/h4-15,19,25,27,30,32H,16-18H2,1-3H3,(H,31,34). The minimum absolute atomic E-state index is 0.0156. The first kappa shape index (κ1) is 28.6. The summed E-state index contributed by atoms with van der Waals surface area (Å²) >= 11 is 1.67. The van der Waals surface area contributed by atoms with Crippen molar-refractivity contribution in [3.8, 4) is 5.75 Å². The van der Waals surface area contributed by atoms with E-state index in [1.54, 1.807) is 31.0 Å². The molecule has 2 N–H and O–H groups in total. The molecule has 0 radical (unpaired) electrons. The minimum atomic E-state index is -0.897. The molecular weight excluding hydrogens is 518 g/mol. The van der Waals surface area contributed by atoms with Gasteiger partial charge in [0, 0.05) is 35.2 Å². The van der Waals surface area contributed by atoms with Crippen LogP contribution >= 0.6 is 11.8 Å². The first-order chi connectivity index (χ1) is 18.9. The van der Waals surface area contributed by atoms with Crippen molar-refractivity contribution >= 4 is 29.3 Å². The van der Waals surface area contributed by atoms with Crippen molar-refractivity contribution in [1.29, 1.82) is 0 Å². The van der Waals surface area contributed by atoms with Gasteiger partial charge in [0.25, 0.3) is 5.91 Å². The number of nitrogens with one attached hydrogen (secondary N) is 1. The average Bonchev–Trinajstić information content (AvgIpc) is 2.96. The number of carbonyl (C=O) groups excluding carboxylic acids is 2. The molecular formula is C30H33NO7S. The number of amides is 1. The average molecular weight is 552 g/mol. The van der Waals surface area contributed by atoms with E-state index in [4.69, 9.17) is 18.9 Å². The lowest BCUT2D eigenvalue weighted by Gasteiger charge is -2.36. The maximum absolute atomic E-state index is 12.3. The lowest BCUT2D eigenvalue weighted by Crippen LogP contribution is -2.31. The fourth-order valence-electron chi connectivity index (χ4n) is 4.21. The number of esters is 1. The van der Waals surface area contributed by atoms with Gasteiger partial charge >= 0.3 is 5.97 Å². The molecule has 1 saturated heterocycles. The second-order valence-electron chi connectivity index (χ2n) is 9.17. The summed E-state index contributed by atoms with van der Waals surface area (Å²) in [5, 5.41) is 12.2. The predicted molar refractivity (Wildman–Crippen MR) is 148 cm³/mol. The molecule has 0 aromatic heterocycles. The summed E-state index contributed by atoms with van der Waals surface area (Å²) in [6.07, 6.45) is -1.16. The maximum atomic E-state index is 12.3. The fourth-order valence-corrected chi connectivity index (χ4v) is 5.26. The van der Waals surface area contributed by atoms with Crippen LogP contribution in [0.5, 0.6) is 5.75 Å². The molecule has 1 amide bonds. The number of hydrogen-bond donors (Lipinski definition) is 2. The Labute approximate surface area is 232 Å². The van der Waals surface area contributed by atoms with E-state index in [2.05, 4.69) is 5.32 Å². The Balaban J connectivity index is 1.49. The van der Waals surface area contributed by atoms with Crippen molar-refractivity contribution in [2.24, 2.45) is 0 Å². The highest BCUT2D eigenvalue weighted by molar-refractivity contribution is 7.99. The quantitative estimate of drug-likeness (QED) is 0.255. The first-order valence-electron chi connectivity index (χ1n) is 12.7. The molecule has 0 aliphatic carbocycles. The second-order valence-corrected chi connectivity index (χ2v) is 10.2. The molecule has 39 heavy (non-hydrogen) atoms. The molecule has 4 unspecified atom stereocenters. The van der Waals surface area contributed by atoms with E-state index in [9.17, 15) is 14.7 Å². The van der Waals surface area contributed by atoms with Gasteiger partial charge in [0.15, 0.2) is 12.4 Å². The lowest BCUT2D eigenvalue weighted by molar-refractivity contribution is -0.245. The molecule has 9 heteroatoms. The van der Waals surface area contributed by atoms with Crippen molar-refractivity contribution in [2.45, 2.75) is 56.4 Å². The Hall–Kier alpha value is -3.37. The molecule has 0 bridgehead atoms. The van der Waals surface area contributed by atoms with Gasteiger partial charge < -0.3 is 29.4 Å². The number of aliphatic hydroxyl groups excluding tert-OH is 1. The van der Waals surface area contributed by atoms with Crippen LogP contribution in [0.1, 0.15) is 49.4 Å². The molecule has 4 atom stereocenters. The van der Waals surface area contributed by atoms with E-state index >= 15 is 0 Å². The third kappa shape index (κ3) is 7.83. The summed E-state index contributed by atoms with van der Waals surface area (Å²) in [6, 6.07) is 22.9. The number of aliphatic hydroxyl groups is 1. The summed E-state index contributed by atoms with van der Waals surface area (Å²) in [5.41, 5.74) is 3.23. The summed E-state index contributed by atoms with van der Waals surface area (Å²) in [7, 11) is 1.66. The number of benzene rings is 3. The van der Waals surface area contributed by atoms with Crippen LogP contribution in [-0.4, -0.2) is 42.1 Å². The minimum Gasteiger partial charge on any atom is -0.496 e.